The zero-order valence-corrected chi connectivity index (χ0v) is 17.4. The van der Waals surface area contributed by atoms with Gasteiger partial charge in [-0.2, -0.15) is 10.4 Å². The molecule has 1 N–H and O–H groups in total. The summed E-state index contributed by atoms with van der Waals surface area (Å²) in [5, 5.41) is 16.8. The Bertz CT molecular complexity index is 1150. The highest BCUT2D eigenvalue weighted by Gasteiger charge is 2.35. The lowest BCUT2D eigenvalue weighted by molar-refractivity contribution is -0.119. The van der Waals surface area contributed by atoms with Crippen molar-refractivity contribution in [3.05, 3.63) is 53.9 Å². The van der Waals surface area contributed by atoms with Crippen LogP contribution in [0, 0.1) is 11.3 Å². The molecule has 152 valence electrons. The molecular formula is C21H20N6O2S. The number of aromatic nitrogens is 3. The van der Waals surface area contributed by atoms with Gasteiger partial charge in [0.05, 0.1) is 29.3 Å². The van der Waals surface area contributed by atoms with Gasteiger partial charge in [0, 0.05) is 29.1 Å². The first kappa shape index (κ1) is 19.9. The number of nitriles is 1. The summed E-state index contributed by atoms with van der Waals surface area (Å²) < 4.78 is 1.81. The standard InChI is InChI=1S/C21H20N6O2S/c1-13(2)27-19-15(10-24-27)7-16(9-23-19)21(29)26-12-30-11-18(26)20(28)25-17-5-3-14(8-22)4-6-17/h3-7,9-10,13,18H,11-12H2,1-2H3,(H,25,28). The van der Waals surface area contributed by atoms with Crippen molar-refractivity contribution in [1.29, 1.82) is 5.26 Å². The first-order valence-corrected chi connectivity index (χ1v) is 10.7. The Morgan fingerprint density at radius 2 is 2.03 bits per heavy atom. The summed E-state index contributed by atoms with van der Waals surface area (Å²) in [4.78, 5) is 31.9. The maximum Gasteiger partial charge on any atom is 0.256 e. The number of hydrogen-bond donors (Lipinski definition) is 1. The molecule has 1 fully saturated rings. The minimum absolute atomic E-state index is 0.168. The van der Waals surface area contributed by atoms with E-state index in [4.69, 9.17) is 5.26 Å². The molecule has 1 aliphatic heterocycles. The van der Waals surface area contributed by atoms with Crippen LogP contribution in [0.3, 0.4) is 0 Å². The quantitative estimate of drug-likeness (QED) is 0.696. The Morgan fingerprint density at radius 1 is 1.27 bits per heavy atom. The Balaban J connectivity index is 1.52. The molecule has 3 aromatic rings. The molecule has 1 unspecified atom stereocenters. The number of pyridine rings is 1. The second kappa shape index (κ2) is 8.16. The average molecular weight is 420 g/mol. The molecule has 0 radical (unpaired) electrons. The third kappa shape index (κ3) is 3.74. The molecule has 3 heterocycles. The lowest BCUT2D eigenvalue weighted by Crippen LogP contribution is -2.44. The number of carbonyl (C=O) groups excluding carboxylic acids is 2. The fourth-order valence-corrected chi connectivity index (χ4v) is 4.47. The van der Waals surface area contributed by atoms with Crippen molar-refractivity contribution in [3.63, 3.8) is 0 Å². The van der Waals surface area contributed by atoms with Crippen molar-refractivity contribution < 1.29 is 9.59 Å². The van der Waals surface area contributed by atoms with Gasteiger partial charge < -0.3 is 10.2 Å². The molecule has 1 atom stereocenters. The number of nitrogens with one attached hydrogen (secondary N) is 1. The highest BCUT2D eigenvalue weighted by atomic mass is 32.2. The number of benzene rings is 1. The predicted molar refractivity (Wildman–Crippen MR) is 115 cm³/mol. The van der Waals surface area contributed by atoms with Crippen molar-refractivity contribution >= 4 is 40.3 Å². The molecule has 4 rings (SSSR count). The van der Waals surface area contributed by atoms with Crippen LogP contribution in [0.25, 0.3) is 11.0 Å². The van der Waals surface area contributed by atoms with Crippen LogP contribution in [0.2, 0.25) is 0 Å². The first-order chi connectivity index (χ1) is 14.5. The van der Waals surface area contributed by atoms with Gasteiger partial charge in [0.15, 0.2) is 5.65 Å². The van der Waals surface area contributed by atoms with Crippen LogP contribution in [0.1, 0.15) is 35.8 Å². The monoisotopic (exact) mass is 420 g/mol. The number of fused-ring (bicyclic) bond motifs is 1. The van der Waals surface area contributed by atoms with E-state index in [1.165, 1.54) is 11.8 Å². The first-order valence-electron chi connectivity index (χ1n) is 9.51. The summed E-state index contributed by atoms with van der Waals surface area (Å²) in [6.07, 6.45) is 3.25. The molecule has 0 aliphatic carbocycles. The van der Waals surface area contributed by atoms with Gasteiger partial charge in [-0.05, 0) is 44.2 Å². The number of thioether (sulfide) groups is 1. The second-order valence-electron chi connectivity index (χ2n) is 7.29. The van der Waals surface area contributed by atoms with E-state index >= 15 is 0 Å². The van der Waals surface area contributed by atoms with Crippen LogP contribution in [-0.2, 0) is 4.79 Å². The maximum atomic E-state index is 13.1. The molecule has 1 aliphatic rings. The van der Waals surface area contributed by atoms with Gasteiger partial charge in [-0.15, -0.1) is 11.8 Å². The summed E-state index contributed by atoms with van der Waals surface area (Å²) in [5.41, 5.74) is 2.27. The van der Waals surface area contributed by atoms with E-state index in [1.807, 2.05) is 24.6 Å². The van der Waals surface area contributed by atoms with Gasteiger partial charge >= 0.3 is 0 Å². The van der Waals surface area contributed by atoms with Crippen molar-refractivity contribution in [1.82, 2.24) is 19.7 Å². The highest BCUT2D eigenvalue weighted by Crippen LogP contribution is 2.25. The van der Waals surface area contributed by atoms with E-state index in [0.717, 1.165) is 11.0 Å². The third-order valence-electron chi connectivity index (χ3n) is 4.90. The number of hydrogen-bond acceptors (Lipinski definition) is 6. The van der Waals surface area contributed by atoms with E-state index in [0.29, 0.717) is 28.4 Å². The van der Waals surface area contributed by atoms with Gasteiger partial charge in [0.2, 0.25) is 5.91 Å². The van der Waals surface area contributed by atoms with Crippen LogP contribution in [0.15, 0.2) is 42.7 Å². The van der Waals surface area contributed by atoms with Crippen molar-refractivity contribution in [3.8, 4) is 6.07 Å². The summed E-state index contributed by atoms with van der Waals surface area (Å²) in [6, 6.07) is 10.0. The van der Waals surface area contributed by atoms with E-state index in [2.05, 4.69) is 15.4 Å². The fourth-order valence-electron chi connectivity index (χ4n) is 3.31. The minimum atomic E-state index is -0.577. The maximum absolute atomic E-state index is 13.1. The van der Waals surface area contributed by atoms with Crippen LogP contribution in [0.5, 0.6) is 0 Å². The molecule has 0 spiro atoms. The van der Waals surface area contributed by atoms with Crippen molar-refractivity contribution in [2.24, 2.45) is 0 Å². The topological polar surface area (TPSA) is 104 Å². The van der Waals surface area contributed by atoms with Gasteiger partial charge in [0.25, 0.3) is 5.91 Å². The Labute approximate surface area is 177 Å². The van der Waals surface area contributed by atoms with Crippen LogP contribution in [0.4, 0.5) is 5.69 Å². The fraction of sp³-hybridized carbons (Fsp3) is 0.286. The lowest BCUT2D eigenvalue weighted by Gasteiger charge is -2.23. The van der Waals surface area contributed by atoms with Gasteiger partial charge in [-0.25, -0.2) is 9.67 Å². The molecule has 1 aromatic carbocycles. The van der Waals surface area contributed by atoms with Crippen LogP contribution >= 0.6 is 11.8 Å². The normalized spacial score (nSPS) is 16.1. The summed E-state index contributed by atoms with van der Waals surface area (Å²) in [7, 11) is 0. The molecule has 30 heavy (non-hydrogen) atoms. The molecule has 0 bridgehead atoms. The average Bonchev–Trinajstić information content (AvgIpc) is 3.40. The van der Waals surface area contributed by atoms with E-state index < -0.39 is 6.04 Å². The lowest BCUT2D eigenvalue weighted by atomic mass is 10.1. The molecule has 2 amide bonds. The van der Waals surface area contributed by atoms with E-state index in [-0.39, 0.29) is 17.9 Å². The molecule has 9 heteroatoms. The van der Waals surface area contributed by atoms with E-state index in [9.17, 15) is 9.59 Å². The smallest absolute Gasteiger partial charge is 0.256 e. The predicted octanol–water partition coefficient (Wildman–Crippen LogP) is 3.04. The Kier molecular flexibility index (Phi) is 5.42. The van der Waals surface area contributed by atoms with Gasteiger partial charge in [0.1, 0.15) is 6.04 Å². The summed E-state index contributed by atoms with van der Waals surface area (Å²) >= 11 is 1.53. The molecule has 2 aromatic heterocycles. The molecule has 0 saturated carbocycles. The SMILES string of the molecule is CC(C)n1ncc2cc(C(=O)N3CSCC3C(=O)Nc3ccc(C#N)cc3)cnc21. The van der Waals surface area contributed by atoms with Crippen molar-refractivity contribution in [2.75, 3.05) is 16.9 Å². The van der Waals surface area contributed by atoms with Gasteiger partial charge in [-0.3, -0.25) is 9.59 Å². The highest BCUT2D eigenvalue weighted by molar-refractivity contribution is 7.99. The van der Waals surface area contributed by atoms with Crippen LogP contribution in [-0.4, -0.2) is 49.2 Å². The Hall–Kier alpha value is -3.38. The van der Waals surface area contributed by atoms with Crippen LogP contribution < -0.4 is 5.32 Å². The number of carbonyl (C=O) groups is 2. The minimum Gasteiger partial charge on any atom is -0.324 e. The number of nitrogens with zero attached hydrogens (tertiary/aromatic N) is 5. The molecule has 8 nitrogen and oxygen atoms in total. The van der Waals surface area contributed by atoms with E-state index in [1.54, 1.807) is 47.6 Å². The zero-order chi connectivity index (χ0) is 21.3. The molecular weight excluding hydrogens is 400 g/mol. The van der Waals surface area contributed by atoms with Crippen molar-refractivity contribution in [2.45, 2.75) is 25.9 Å². The summed E-state index contributed by atoms with van der Waals surface area (Å²) in [6.45, 7) is 4.04. The van der Waals surface area contributed by atoms with Gasteiger partial charge in [-0.1, -0.05) is 0 Å². The number of rotatable bonds is 4. The largest absolute Gasteiger partial charge is 0.324 e. The Morgan fingerprint density at radius 3 is 2.73 bits per heavy atom. The zero-order valence-electron chi connectivity index (χ0n) is 16.6. The number of amides is 2. The number of anilines is 1. The summed E-state index contributed by atoms with van der Waals surface area (Å²) in [5.74, 6) is 0.481. The second-order valence-corrected chi connectivity index (χ2v) is 8.29. The third-order valence-corrected chi connectivity index (χ3v) is 5.91. The molecule has 1 saturated heterocycles.